The average molecular weight is 357 g/mol. The van der Waals surface area contributed by atoms with E-state index in [1.807, 2.05) is 41.8 Å². The minimum Gasteiger partial charge on any atom is -0.367 e. The Morgan fingerprint density at radius 1 is 1.35 bits per heavy atom. The fraction of sp³-hybridized carbons (Fsp3) is 0.588. The summed E-state index contributed by atoms with van der Waals surface area (Å²) in [6.07, 6.45) is 0.667. The van der Waals surface area contributed by atoms with Crippen LogP contribution >= 0.6 is 24.2 Å². The first kappa shape index (κ1) is 18.6. The maximum absolute atomic E-state index is 12.6. The quantitative estimate of drug-likeness (QED) is 0.903. The molecule has 1 N–H and O–H groups in total. The van der Waals surface area contributed by atoms with Crippen LogP contribution in [0.5, 0.6) is 0 Å². The highest BCUT2D eigenvalue weighted by Crippen LogP contribution is 2.25. The summed E-state index contributed by atoms with van der Waals surface area (Å²) in [5, 5.41) is 3.44. The Balaban J connectivity index is 0.00000192. The molecule has 0 bridgehead atoms. The van der Waals surface area contributed by atoms with E-state index in [1.54, 1.807) is 0 Å². The van der Waals surface area contributed by atoms with Crippen molar-refractivity contribution in [1.29, 1.82) is 0 Å². The van der Waals surface area contributed by atoms with E-state index in [0.717, 1.165) is 23.6 Å². The number of rotatable bonds is 3. The molecule has 4 nitrogen and oxygen atoms in total. The van der Waals surface area contributed by atoms with E-state index in [2.05, 4.69) is 17.4 Å². The lowest BCUT2D eigenvalue weighted by Gasteiger charge is -2.38. The van der Waals surface area contributed by atoms with E-state index in [1.165, 1.54) is 0 Å². The van der Waals surface area contributed by atoms with Gasteiger partial charge in [-0.15, -0.1) is 12.4 Å². The molecule has 2 saturated heterocycles. The molecule has 2 heterocycles. The fourth-order valence-corrected chi connectivity index (χ4v) is 4.05. The van der Waals surface area contributed by atoms with E-state index in [0.29, 0.717) is 25.6 Å². The number of carbonyl (C=O) groups excluding carboxylic acids is 1. The molecule has 128 valence electrons. The number of benzene rings is 1. The fourth-order valence-electron chi connectivity index (χ4n) is 3.10. The zero-order valence-corrected chi connectivity index (χ0v) is 15.1. The minimum atomic E-state index is -0.0115. The standard InChI is InChI=1S/C17H24N2O2S.ClH/c1-13-10-19(17(20)9-15-12-22-8-7-18-15)11-16(21-13)14-5-3-2-4-6-14;/h2-6,13,15-16,18H,7-12H2,1H3;1H. The zero-order chi connectivity index (χ0) is 15.4. The van der Waals surface area contributed by atoms with Gasteiger partial charge in [0.25, 0.3) is 0 Å². The van der Waals surface area contributed by atoms with Crippen LogP contribution in [-0.2, 0) is 9.53 Å². The van der Waals surface area contributed by atoms with Gasteiger partial charge in [-0.2, -0.15) is 11.8 Å². The van der Waals surface area contributed by atoms with Crippen LogP contribution < -0.4 is 5.32 Å². The molecule has 2 fully saturated rings. The van der Waals surface area contributed by atoms with Crippen molar-refractivity contribution in [3.8, 4) is 0 Å². The number of morpholine rings is 1. The predicted octanol–water partition coefficient (Wildman–Crippen LogP) is 2.49. The number of halogens is 1. The molecule has 0 spiro atoms. The normalized spacial score (nSPS) is 28.0. The van der Waals surface area contributed by atoms with Crippen molar-refractivity contribution in [2.24, 2.45) is 0 Å². The SMILES string of the molecule is CC1CN(C(=O)CC2CSCCN2)CC(c2ccccc2)O1.Cl. The van der Waals surface area contributed by atoms with E-state index in [-0.39, 0.29) is 30.5 Å². The van der Waals surface area contributed by atoms with Gasteiger partial charge in [-0.05, 0) is 12.5 Å². The zero-order valence-electron chi connectivity index (χ0n) is 13.4. The van der Waals surface area contributed by atoms with Crippen LogP contribution in [0, 0.1) is 0 Å². The summed E-state index contributed by atoms with van der Waals surface area (Å²) in [5.41, 5.74) is 1.15. The predicted molar refractivity (Wildman–Crippen MR) is 97.3 cm³/mol. The first-order chi connectivity index (χ1) is 10.7. The molecule has 0 saturated carbocycles. The second-order valence-corrected chi connectivity index (χ2v) is 7.22. The number of hydrogen-bond donors (Lipinski definition) is 1. The summed E-state index contributed by atoms with van der Waals surface area (Å²) in [6, 6.07) is 10.5. The highest BCUT2D eigenvalue weighted by atomic mass is 35.5. The van der Waals surface area contributed by atoms with Gasteiger partial charge < -0.3 is 15.0 Å². The molecule has 1 amide bonds. The average Bonchev–Trinajstić information content (AvgIpc) is 2.56. The van der Waals surface area contributed by atoms with Crippen molar-refractivity contribution >= 4 is 30.1 Å². The Morgan fingerprint density at radius 3 is 2.83 bits per heavy atom. The molecule has 3 atom stereocenters. The number of carbonyl (C=O) groups is 1. The summed E-state index contributed by atoms with van der Waals surface area (Å²) >= 11 is 1.93. The van der Waals surface area contributed by atoms with Gasteiger partial charge in [0.05, 0.1) is 12.6 Å². The number of nitrogens with one attached hydrogen (secondary N) is 1. The van der Waals surface area contributed by atoms with Gasteiger partial charge in [0.1, 0.15) is 6.10 Å². The molecule has 2 aliphatic heterocycles. The third-order valence-corrected chi connectivity index (χ3v) is 5.33. The molecule has 3 rings (SSSR count). The number of hydrogen-bond acceptors (Lipinski definition) is 4. The summed E-state index contributed by atoms with van der Waals surface area (Å²) in [6.45, 7) is 4.41. The van der Waals surface area contributed by atoms with E-state index in [4.69, 9.17) is 4.74 Å². The Hall–Kier alpha value is -0.750. The number of nitrogens with zero attached hydrogens (tertiary/aromatic N) is 1. The molecule has 3 unspecified atom stereocenters. The maximum atomic E-state index is 12.6. The molecular weight excluding hydrogens is 332 g/mol. The molecule has 0 aliphatic carbocycles. The molecule has 2 aliphatic rings. The Bertz CT molecular complexity index is 497. The smallest absolute Gasteiger partial charge is 0.224 e. The molecule has 0 aromatic heterocycles. The highest BCUT2D eigenvalue weighted by molar-refractivity contribution is 7.99. The number of thioether (sulfide) groups is 1. The first-order valence-corrected chi connectivity index (χ1v) is 9.17. The molecule has 1 aromatic carbocycles. The molecule has 6 heteroatoms. The number of ether oxygens (including phenoxy) is 1. The summed E-state index contributed by atoms with van der Waals surface area (Å²) in [5.74, 6) is 2.43. The molecular formula is C17H25ClN2O2S. The Labute approximate surface area is 148 Å². The third kappa shape index (κ3) is 5.11. The van der Waals surface area contributed by atoms with Crippen molar-refractivity contribution in [1.82, 2.24) is 10.2 Å². The van der Waals surface area contributed by atoms with Crippen molar-refractivity contribution in [2.75, 3.05) is 31.1 Å². The summed E-state index contributed by atoms with van der Waals surface area (Å²) in [7, 11) is 0. The van der Waals surface area contributed by atoms with Crippen LogP contribution in [0.25, 0.3) is 0 Å². The van der Waals surface area contributed by atoms with Gasteiger partial charge in [0.15, 0.2) is 0 Å². The van der Waals surface area contributed by atoms with Crippen LogP contribution in [0.2, 0.25) is 0 Å². The minimum absolute atomic E-state index is 0. The first-order valence-electron chi connectivity index (χ1n) is 8.01. The summed E-state index contributed by atoms with van der Waals surface area (Å²) < 4.78 is 6.03. The summed E-state index contributed by atoms with van der Waals surface area (Å²) in [4.78, 5) is 14.6. The van der Waals surface area contributed by atoms with Crippen LogP contribution in [0.15, 0.2) is 30.3 Å². The Morgan fingerprint density at radius 2 is 2.13 bits per heavy atom. The Kier molecular flexibility index (Phi) is 7.21. The van der Waals surface area contributed by atoms with Crippen LogP contribution in [0.3, 0.4) is 0 Å². The lowest BCUT2D eigenvalue weighted by Crippen LogP contribution is -2.48. The lowest BCUT2D eigenvalue weighted by molar-refractivity contribution is -0.145. The van der Waals surface area contributed by atoms with E-state index < -0.39 is 0 Å². The highest BCUT2D eigenvalue weighted by Gasteiger charge is 2.30. The second-order valence-electron chi connectivity index (χ2n) is 6.07. The monoisotopic (exact) mass is 356 g/mol. The van der Waals surface area contributed by atoms with Crippen molar-refractivity contribution in [3.63, 3.8) is 0 Å². The van der Waals surface area contributed by atoms with Gasteiger partial charge in [-0.3, -0.25) is 4.79 Å². The van der Waals surface area contributed by atoms with Crippen molar-refractivity contribution in [2.45, 2.75) is 31.6 Å². The topological polar surface area (TPSA) is 41.6 Å². The van der Waals surface area contributed by atoms with Gasteiger partial charge in [-0.25, -0.2) is 0 Å². The van der Waals surface area contributed by atoms with Gasteiger partial charge in [-0.1, -0.05) is 30.3 Å². The molecule has 23 heavy (non-hydrogen) atoms. The lowest BCUT2D eigenvalue weighted by atomic mass is 10.1. The molecule has 1 aromatic rings. The van der Waals surface area contributed by atoms with Gasteiger partial charge in [0.2, 0.25) is 5.91 Å². The number of amides is 1. The van der Waals surface area contributed by atoms with E-state index >= 15 is 0 Å². The van der Waals surface area contributed by atoms with E-state index in [9.17, 15) is 4.79 Å². The third-order valence-electron chi connectivity index (χ3n) is 4.20. The van der Waals surface area contributed by atoms with Gasteiger partial charge >= 0.3 is 0 Å². The van der Waals surface area contributed by atoms with Gasteiger partial charge in [0, 0.05) is 37.1 Å². The van der Waals surface area contributed by atoms with Crippen LogP contribution in [0.4, 0.5) is 0 Å². The van der Waals surface area contributed by atoms with Crippen molar-refractivity contribution < 1.29 is 9.53 Å². The second kappa shape index (κ2) is 8.92. The largest absolute Gasteiger partial charge is 0.367 e. The van der Waals surface area contributed by atoms with Crippen LogP contribution in [-0.4, -0.2) is 54.1 Å². The van der Waals surface area contributed by atoms with Crippen molar-refractivity contribution in [3.05, 3.63) is 35.9 Å². The maximum Gasteiger partial charge on any atom is 0.224 e. The van der Waals surface area contributed by atoms with Crippen LogP contribution in [0.1, 0.15) is 25.0 Å². The molecule has 0 radical (unpaired) electrons.